The molecule has 0 spiro atoms. The molecule has 0 saturated heterocycles. The molecule has 1 aromatic carbocycles. The van der Waals surface area contributed by atoms with Crippen molar-refractivity contribution >= 4 is 28.9 Å². The zero-order chi connectivity index (χ0) is 19.2. The highest BCUT2D eigenvalue weighted by Crippen LogP contribution is 2.35. The molecule has 0 amide bonds. The van der Waals surface area contributed by atoms with Crippen LogP contribution in [0.15, 0.2) is 41.0 Å². The number of hydrogen-bond donors (Lipinski definition) is 0. The third kappa shape index (κ3) is 3.05. The van der Waals surface area contributed by atoms with Crippen LogP contribution in [0.2, 0.25) is 0 Å². The number of halogens is 3. The van der Waals surface area contributed by atoms with Gasteiger partial charge < -0.3 is 9.30 Å². The summed E-state index contributed by atoms with van der Waals surface area (Å²) in [5.74, 6) is -2.27. The number of para-hydroxylation sites is 1. The van der Waals surface area contributed by atoms with E-state index in [1.54, 1.807) is 6.08 Å². The summed E-state index contributed by atoms with van der Waals surface area (Å²) in [4.78, 5) is 23.6. The van der Waals surface area contributed by atoms with Crippen molar-refractivity contribution in [2.45, 2.75) is 26.4 Å². The summed E-state index contributed by atoms with van der Waals surface area (Å²) in [6.07, 6.45) is -4.48. The third-order valence-electron chi connectivity index (χ3n) is 4.52. The average Bonchev–Trinajstić information content (AvgIpc) is 2.95. The molecule has 0 fully saturated rings. The van der Waals surface area contributed by atoms with E-state index < -0.39 is 30.1 Å². The molecule has 0 unspecified atom stereocenters. The molecule has 3 rings (SSSR count). The van der Waals surface area contributed by atoms with Crippen LogP contribution < -0.4 is 0 Å². The molecule has 2 aromatic rings. The predicted molar refractivity (Wildman–Crippen MR) is 90.1 cm³/mol. The Balaban J connectivity index is 2.16. The topological polar surface area (TPSA) is 48.3 Å². The van der Waals surface area contributed by atoms with Gasteiger partial charge in [-0.1, -0.05) is 18.2 Å². The van der Waals surface area contributed by atoms with E-state index in [4.69, 9.17) is 0 Å². The van der Waals surface area contributed by atoms with Crippen molar-refractivity contribution in [1.29, 1.82) is 0 Å². The summed E-state index contributed by atoms with van der Waals surface area (Å²) in [6, 6.07) is 7.57. The maximum atomic E-state index is 12.8. The first kappa shape index (κ1) is 18.0. The fourth-order valence-corrected chi connectivity index (χ4v) is 3.20. The van der Waals surface area contributed by atoms with Gasteiger partial charge in [-0.15, -0.1) is 0 Å². The number of benzene rings is 1. The Kier molecular flexibility index (Phi) is 4.26. The van der Waals surface area contributed by atoms with Gasteiger partial charge in [0.25, 0.3) is 0 Å². The molecule has 0 aliphatic carbocycles. The van der Waals surface area contributed by atoms with Gasteiger partial charge in [0.15, 0.2) is 0 Å². The quantitative estimate of drug-likeness (QED) is 0.606. The van der Waals surface area contributed by atoms with E-state index in [1.807, 2.05) is 42.8 Å². The Morgan fingerprint density at radius 1 is 1.19 bits per heavy atom. The SMILES string of the molecule is C/C(=C\c1c(C)n(C)c2ccccc12)C1=C(CC(F)(F)F)C(=O)OC1=O. The highest BCUT2D eigenvalue weighted by Gasteiger charge is 2.41. The minimum absolute atomic E-state index is 0.263. The van der Waals surface area contributed by atoms with E-state index in [2.05, 4.69) is 4.74 Å². The number of aromatic nitrogens is 1. The first-order valence-corrected chi connectivity index (χ1v) is 7.89. The molecule has 1 aliphatic heterocycles. The summed E-state index contributed by atoms with van der Waals surface area (Å²) in [5, 5.41) is 0.905. The second kappa shape index (κ2) is 6.16. The summed E-state index contributed by atoms with van der Waals surface area (Å²) >= 11 is 0. The summed E-state index contributed by atoms with van der Waals surface area (Å²) in [6.45, 7) is 3.38. The van der Waals surface area contributed by atoms with Gasteiger partial charge in [-0.2, -0.15) is 13.2 Å². The maximum absolute atomic E-state index is 12.8. The van der Waals surface area contributed by atoms with Crippen molar-refractivity contribution in [3.8, 4) is 0 Å². The standard InChI is InChI=1S/C19H16F3NO3/c1-10(16-14(9-19(20,21)22)17(24)26-18(16)25)8-13-11(2)23(3)15-7-5-4-6-12(13)15/h4-8H,9H2,1-3H3/b10-8+. The number of hydrogen-bond acceptors (Lipinski definition) is 3. The van der Waals surface area contributed by atoms with Crippen molar-refractivity contribution in [3.05, 3.63) is 52.2 Å². The lowest BCUT2D eigenvalue weighted by Crippen LogP contribution is -2.13. The van der Waals surface area contributed by atoms with Crippen LogP contribution in [-0.2, 0) is 21.4 Å². The van der Waals surface area contributed by atoms with E-state index >= 15 is 0 Å². The van der Waals surface area contributed by atoms with Crippen molar-refractivity contribution in [2.75, 3.05) is 0 Å². The average molecular weight is 363 g/mol. The fourth-order valence-electron chi connectivity index (χ4n) is 3.20. The van der Waals surface area contributed by atoms with Gasteiger partial charge in [-0.05, 0) is 31.6 Å². The Morgan fingerprint density at radius 2 is 1.85 bits per heavy atom. The second-order valence-electron chi connectivity index (χ2n) is 6.23. The fraction of sp³-hybridized carbons (Fsp3) is 0.263. The van der Waals surface area contributed by atoms with E-state index in [0.717, 1.165) is 22.2 Å². The lowest BCUT2D eigenvalue weighted by Gasteiger charge is -2.07. The van der Waals surface area contributed by atoms with Crippen LogP contribution in [0.25, 0.3) is 17.0 Å². The predicted octanol–water partition coefficient (Wildman–Crippen LogP) is 4.22. The molecule has 4 nitrogen and oxygen atoms in total. The molecule has 26 heavy (non-hydrogen) atoms. The largest absolute Gasteiger partial charge is 0.393 e. The van der Waals surface area contributed by atoms with Gasteiger partial charge in [0.1, 0.15) is 0 Å². The zero-order valence-electron chi connectivity index (χ0n) is 14.4. The Morgan fingerprint density at radius 3 is 2.50 bits per heavy atom. The minimum Gasteiger partial charge on any atom is -0.386 e. The van der Waals surface area contributed by atoms with Crippen molar-refractivity contribution in [3.63, 3.8) is 0 Å². The smallest absolute Gasteiger partial charge is 0.386 e. The number of nitrogens with zero attached hydrogens (tertiary/aromatic N) is 1. The lowest BCUT2D eigenvalue weighted by atomic mass is 9.97. The van der Waals surface area contributed by atoms with Gasteiger partial charge in [0, 0.05) is 29.2 Å². The van der Waals surface area contributed by atoms with Crippen LogP contribution in [0.3, 0.4) is 0 Å². The van der Waals surface area contributed by atoms with E-state index in [9.17, 15) is 22.8 Å². The number of aryl methyl sites for hydroxylation is 1. The first-order chi connectivity index (χ1) is 12.1. The monoisotopic (exact) mass is 363 g/mol. The number of fused-ring (bicyclic) bond motifs is 1. The first-order valence-electron chi connectivity index (χ1n) is 7.89. The summed E-state index contributed by atoms with van der Waals surface area (Å²) in [5.41, 5.74) is 1.94. The molecule has 1 aliphatic rings. The molecule has 0 radical (unpaired) electrons. The highest BCUT2D eigenvalue weighted by molar-refractivity contribution is 6.15. The van der Waals surface area contributed by atoms with Gasteiger partial charge >= 0.3 is 18.1 Å². The van der Waals surface area contributed by atoms with Gasteiger partial charge in [-0.25, -0.2) is 9.59 Å². The number of cyclic esters (lactones) is 2. The van der Waals surface area contributed by atoms with Crippen LogP contribution in [0.1, 0.15) is 24.6 Å². The molecule has 136 valence electrons. The Labute approximate surface area is 147 Å². The molecule has 1 aromatic heterocycles. The normalized spacial score (nSPS) is 16.0. The van der Waals surface area contributed by atoms with Crippen molar-refractivity contribution in [2.24, 2.45) is 7.05 Å². The van der Waals surface area contributed by atoms with Gasteiger partial charge in [0.2, 0.25) is 0 Å². The van der Waals surface area contributed by atoms with Crippen LogP contribution in [-0.4, -0.2) is 22.7 Å². The number of alkyl halides is 3. The summed E-state index contributed by atoms with van der Waals surface area (Å²) < 4.78 is 44.7. The van der Waals surface area contributed by atoms with Crippen LogP contribution in [0, 0.1) is 6.92 Å². The highest BCUT2D eigenvalue weighted by atomic mass is 19.4. The van der Waals surface area contributed by atoms with E-state index in [0.29, 0.717) is 0 Å². The lowest BCUT2D eigenvalue weighted by molar-refractivity contribution is -0.154. The van der Waals surface area contributed by atoms with Crippen molar-refractivity contribution in [1.82, 2.24) is 4.57 Å². The third-order valence-corrected chi connectivity index (χ3v) is 4.52. The number of carbonyl (C=O) groups is 2. The molecule has 0 atom stereocenters. The van der Waals surface area contributed by atoms with Crippen LogP contribution in [0.5, 0.6) is 0 Å². The molecule has 0 bridgehead atoms. The van der Waals surface area contributed by atoms with Gasteiger partial charge in [0.05, 0.1) is 17.6 Å². The minimum atomic E-state index is -4.61. The number of carbonyl (C=O) groups excluding carboxylic acids is 2. The van der Waals surface area contributed by atoms with Crippen molar-refractivity contribution < 1.29 is 27.5 Å². The maximum Gasteiger partial charge on any atom is 0.393 e. The Bertz CT molecular complexity index is 993. The molecule has 0 N–H and O–H groups in total. The van der Waals surface area contributed by atoms with Gasteiger partial charge in [-0.3, -0.25) is 0 Å². The molecular weight excluding hydrogens is 347 g/mol. The van der Waals surface area contributed by atoms with Crippen LogP contribution in [0.4, 0.5) is 13.2 Å². The molecule has 0 saturated carbocycles. The number of ether oxygens (including phenoxy) is 1. The molecule has 7 heteroatoms. The van der Waals surface area contributed by atoms with E-state index in [1.165, 1.54) is 6.92 Å². The zero-order valence-corrected chi connectivity index (χ0v) is 14.4. The second-order valence-corrected chi connectivity index (χ2v) is 6.23. The molecule has 2 heterocycles. The number of esters is 2. The van der Waals surface area contributed by atoms with Crippen LogP contribution >= 0.6 is 0 Å². The van der Waals surface area contributed by atoms with E-state index in [-0.39, 0.29) is 11.1 Å². The summed E-state index contributed by atoms with van der Waals surface area (Å²) in [7, 11) is 1.88. The molecular formula is C19H16F3NO3. The number of rotatable bonds is 3. The Hall–Kier alpha value is -2.83.